The number of nitrogens with zero attached hydrogens (tertiary/aromatic N) is 1. The van der Waals surface area contributed by atoms with Gasteiger partial charge < -0.3 is 14.4 Å². The van der Waals surface area contributed by atoms with Crippen LogP contribution in [0.25, 0.3) is 0 Å². The van der Waals surface area contributed by atoms with Gasteiger partial charge in [0.25, 0.3) is 0 Å². The van der Waals surface area contributed by atoms with E-state index in [1.54, 1.807) is 6.92 Å². The van der Waals surface area contributed by atoms with E-state index in [-0.39, 0.29) is 51.2 Å². The highest BCUT2D eigenvalue weighted by Crippen LogP contribution is 2.77. The van der Waals surface area contributed by atoms with E-state index in [0.717, 1.165) is 62.5 Å². The Kier molecular flexibility index (Phi) is 10.2. The van der Waals surface area contributed by atoms with Crippen LogP contribution in [0.2, 0.25) is 5.02 Å². The summed E-state index contributed by atoms with van der Waals surface area (Å²) in [5.41, 5.74) is 2.99. The van der Waals surface area contributed by atoms with Gasteiger partial charge in [0.05, 0.1) is 0 Å². The molecule has 6 nitrogen and oxygen atoms in total. The van der Waals surface area contributed by atoms with Gasteiger partial charge in [-0.05, 0) is 142 Å². The third kappa shape index (κ3) is 6.47. The van der Waals surface area contributed by atoms with Crippen LogP contribution in [-0.2, 0) is 25.6 Å². The first-order valence-electron chi connectivity index (χ1n) is 20.3. The molecule has 1 amide bonds. The minimum atomic E-state index is -0.613. The number of hydrogen-bond acceptors (Lipinski definition) is 5. The Labute approximate surface area is 319 Å². The topological polar surface area (TPSA) is 72.9 Å². The van der Waals surface area contributed by atoms with Gasteiger partial charge in [-0.2, -0.15) is 0 Å². The lowest BCUT2D eigenvalue weighted by atomic mass is 9.33. The minimum Gasteiger partial charge on any atom is -0.462 e. The normalized spacial score (nSPS) is 36.8. The van der Waals surface area contributed by atoms with Crippen LogP contribution in [0.1, 0.15) is 146 Å². The van der Waals surface area contributed by atoms with Gasteiger partial charge in [0.1, 0.15) is 11.7 Å². The number of carbonyl (C=O) groups excluding carboxylic acids is 3. The van der Waals surface area contributed by atoms with Crippen molar-refractivity contribution in [1.29, 1.82) is 0 Å². The zero-order chi connectivity index (χ0) is 38.2. The number of Topliss-reactive ketones (excluding diaryl/α,β-unsaturated/α-hetero) is 1. The van der Waals surface area contributed by atoms with Gasteiger partial charge in [-0.25, -0.2) is 4.79 Å². The molecule has 7 heteroatoms. The van der Waals surface area contributed by atoms with Crippen LogP contribution in [0.3, 0.4) is 0 Å². The zero-order valence-electron chi connectivity index (χ0n) is 34.0. The van der Waals surface area contributed by atoms with Crippen LogP contribution in [-0.4, -0.2) is 41.0 Å². The highest BCUT2D eigenvalue weighted by molar-refractivity contribution is 6.30. The molecule has 1 aromatic carbocycles. The predicted octanol–water partition coefficient (Wildman–Crippen LogP) is 11.4. The van der Waals surface area contributed by atoms with E-state index in [0.29, 0.717) is 48.1 Å². The molecule has 0 unspecified atom stereocenters. The van der Waals surface area contributed by atoms with Crippen LogP contribution in [0.5, 0.6) is 0 Å². The Balaban J connectivity index is 1.33. The summed E-state index contributed by atoms with van der Waals surface area (Å²) in [6.07, 6.45) is 9.64. The van der Waals surface area contributed by atoms with Gasteiger partial charge in [-0.15, -0.1) is 0 Å². The molecule has 5 aliphatic carbocycles. The number of halogens is 1. The van der Waals surface area contributed by atoms with E-state index in [1.807, 2.05) is 49.9 Å². The van der Waals surface area contributed by atoms with Gasteiger partial charge in [0, 0.05) is 42.3 Å². The van der Waals surface area contributed by atoms with Crippen molar-refractivity contribution in [2.75, 3.05) is 6.54 Å². The van der Waals surface area contributed by atoms with Crippen LogP contribution < -0.4 is 0 Å². The summed E-state index contributed by atoms with van der Waals surface area (Å²) >= 11 is 6.21. The molecule has 0 saturated heterocycles. The van der Waals surface area contributed by atoms with Crippen molar-refractivity contribution >= 4 is 29.4 Å². The number of rotatable bonds is 7. The lowest BCUT2D eigenvalue weighted by molar-refractivity contribution is -0.232. The summed E-state index contributed by atoms with van der Waals surface area (Å²) < 4.78 is 11.9. The van der Waals surface area contributed by atoms with Crippen LogP contribution in [0.4, 0.5) is 4.79 Å². The van der Waals surface area contributed by atoms with Gasteiger partial charge in [-0.3, -0.25) is 9.59 Å². The summed E-state index contributed by atoms with van der Waals surface area (Å²) in [5.74, 6) is 1.75. The van der Waals surface area contributed by atoms with Gasteiger partial charge in [0.15, 0.2) is 5.78 Å². The van der Waals surface area contributed by atoms with Gasteiger partial charge in [0.2, 0.25) is 0 Å². The maximum absolute atomic E-state index is 14.2. The molecule has 0 spiro atoms. The molecule has 1 aromatic rings. The van der Waals surface area contributed by atoms with Crippen LogP contribution in [0, 0.1) is 50.7 Å². The maximum Gasteiger partial charge on any atom is 0.410 e. The lowest BCUT2D eigenvalue weighted by Gasteiger charge is -2.72. The molecule has 0 heterocycles. The average molecular weight is 736 g/mol. The van der Waals surface area contributed by atoms with Crippen LogP contribution >= 0.6 is 11.6 Å². The number of benzene rings is 1. The second kappa shape index (κ2) is 13.4. The van der Waals surface area contributed by atoms with Crippen molar-refractivity contribution in [3.05, 3.63) is 46.0 Å². The van der Waals surface area contributed by atoms with E-state index in [2.05, 4.69) is 48.5 Å². The molecule has 288 valence electrons. The van der Waals surface area contributed by atoms with Crippen molar-refractivity contribution in [2.24, 2.45) is 50.7 Å². The second-order valence-electron chi connectivity index (χ2n) is 20.2. The predicted molar refractivity (Wildman–Crippen MR) is 208 cm³/mol. The minimum absolute atomic E-state index is 0.0298. The molecule has 6 rings (SSSR count). The summed E-state index contributed by atoms with van der Waals surface area (Å²) in [5, 5.41) is 0.668. The molecule has 52 heavy (non-hydrogen) atoms. The quantitative estimate of drug-likeness (QED) is 0.261. The molecule has 0 aromatic heterocycles. The number of carbonyl (C=O) groups is 3. The Morgan fingerprint density at radius 1 is 0.904 bits per heavy atom. The molecule has 4 fully saturated rings. The van der Waals surface area contributed by atoms with E-state index in [9.17, 15) is 14.4 Å². The number of amides is 1. The fourth-order valence-electron chi connectivity index (χ4n) is 13.2. The van der Waals surface area contributed by atoms with E-state index >= 15 is 0 Å². The Morgan fingerprint density at radius 2 is 1.58 bits per heavy atom. The third-order valence-corrected chi connectivity index (χ3v) is 15.9. The summed E-state index contributed by atoms with van der Waals surface area (Å²) in [7, 11) is 0. The first kappa shape index (κ1) is 39.4. The largest absolute Gasteiger partial charge is 0.462 e. The summed E-state index contributed by atoms with van der Waals surface area (Å²) in [6, 6.07) is 7.69. The molecular formula is C45H66ClNO5. The summed E-state index contributed by atoms with van der Waals surface area (Å²) in [4.78, 5) is 41.9. The SMILES string of the molecule is CC(=O)O[C@H]1CC[C@]2(C)[C@H]3CC[C@@H]4C5=C(C(C)C)C(=O)C[C@]5(CCN(Cc5ccc(Cl)cc5)C(=O)OC(C)(C)C)CC[C@@]4(C)[C@]3(C)CC[C@H]2C1(C)C. The number of allylic oxidation sites excluding steroid dienone is 2. The highest BCUT2D eigenvalue weighted by Gasteiger charge is 2.70. The van der Waals surface area contributed by atoms with E-state index < -0.39 is 5.60 Å². The number of ketones is 1. The molecule has 8 atom stereocenters. The van der Waals surface area contributed by atoms with Crippen molar-refractivity contribution in [3.63, 3.8) is 0 Å². The van der Waals surface area contributed by atoms with E-state index in [4.69, 9.17) is 21.1 Å². The standard InChI is InChI=1S/C45H66ClNO5/c1-28(2)37-33(49)26-45(24-25-47(39(50)52-40(4,5)6)27-30-12-14-31(46)15-13-30)23-22-43(10)32(38(37)45)16-17-35-42(9)20-19-36(51-29(3)48)41(7,8)34(42)18-21-44(35,43)11/h12-15,28,32,34-36H,16-27H2,1-11H3/t32-,34+,35-,36+,42+,43-,44-,45-/m1/s1. The molecule has 5 aliphatic rings. The third-order valence-electron chi connectivity index (χ3n) is 15.6. The van der Waals surface area contributed by atoms with Crippen LogP contribution in [0.15, 0.2) is 35.4 Å². The zero-order valence-corrected chi connectivity index (χ0v) is 34.8. The van der Waals surface area contributed by atoms with Gasteiger partial charge in [-0.1, -0.05) is 77.8 Å². The number of ether oxygens (including phenoxy) is 2. The monoisotopic (exact) mass is 735 g/mol. The van der Waals surface area contributed by atoms with Crippen molar-refractivity contribution < 1.29 is 23.9 Å². The number of hydrogen-bond donors (Lipinski definition) is 0. The molecule has 4 saturated carbocycles. The fraction of sp³-hybridized carbons (Fsp3) is 0.756. The summed E-state index contributed by atoms with van der Waals surface area (Å²) in [6.45, 7) is 25.2. The molecule has 0 radical (unpaired) electrons. The first-order chi connectivity index (χ1) is 24.1. The maximum atomic E-state index is 14.2. The average Bonchev–Trinajstić information content (AvgIpc) is 3.33. The Morgan fingerprint density at radius 3 is 2.19 bits per heavy atom. The van der Waals surface area contributed by atoms with Crippen molar-refractivity contribution in [2.45, 2.75) is 159 Å². The second-order valence-corrected chi connectivity index (χ2v) is 20.6. The highest BCUT2D eigenvalue weighted by atomic mass is 35.5. The number of esters is 1. The van der Waals surface area contributed by atoms with Crippen molar-refractivity contribution in [1.82, 2.24) is 4.90 Å². The molecule has 0 N–H and O–H groups in total. The molecule has 0 aliphatic heterocycles. The Hall–Kier alpha value is -2.34. The van der Waals surface area contributed by atoms with Gasteiger partial charge >= 0.3 is 12.1 Å². The fourth-order valence-corrected chi connectivity index (χ4v) is 13.3. The van der Waals surface area contributed by atoms with Crippen molar-refractivity contribution in [3.8, 4) is 0 Å². The first-order valence-corrected chi connectivity index (χ1v) is 20.6. The number of fused-ring (bicyclic) bond motifs is 7. The van der Waals surface area contributed by atoms with E-state index in [1.165, 1.54) is 12.0 Å². The molecular weight excluding hydrogens is 670 g/mol. The molecule has 0 bridgehead atoms. The lowest BCUT2D eigenvalue weighted by Crippen LogP contribution is -2.65. The Bertz CT molecular complexity index is 1610. The smallest absolute Gasteiger partial charge is 0.410 e.